The fourth-order valence-electron chi connectivity index (χ4n) is 4.19. The van der Waals surface area contributed by atoms with Crippen LogP contribution in [0.3, 0.4) is 0 Å². The summed E-state index contributed by atoms with van der Waals surface area (Å²) in [6.07, 6.45) is -1.66. The molecule has 0 amide bonds. The maximum atomic E-state index is 13.1. The van der Waals surface area contributed by atoms with E-state index in [-0.39, 0.29) is 24.0 Å². The van der Waals surface area contributed by atoms with Crippen LogP contribution in [0.15, 0.2) is 24.3 Å². The molecule has 0 spiro atoms. The topological polar surface area (TPSA) is 226 Å². The molecule has 0 radical (unpaired) electrons. The van der Waals surface area contributed by atoms with Gasteiger partial charge in [0.2, 0.25) is 0 Å². The Morgan fingerprint density at radius 1 is 0.442 bits per heavy atom. The van der Waals surface area contributed by atoms with Crippen LogP contribution in [-0.2, 0) is 66.8 Å². The van der Waals surface area contributed by atoms with E-state index in [2.05, 4.69) is 0 Å². The predicted octanol–water partition coefficient (Wildman–Crippen LogP) is 2.88. The van der Waals surface area contributed by atoms with Crippen LogP contribution in [0.5, 0.6) is 0 Å². The van der Waals surface area contributed by atoms with Gasteiger partial charge in [-0.05, 0) is 58.7 Å². The maximum absolute atomic E-state index is 13.1. The van der Waals surface area contributed by atoms with Gasteiger partial charge in [0.05, 0.1) is 22.0 Å². The first-order valence-electron chi connectivity index (χ1n) is 16.4. The smallest absolute Gasteiger partial charge is 0.338 e. The minimum Gasteiger partial charge on any atom is -0.464 e. The third-order valence-electron chi connectivity index (χ3n) is 7.58. The molecule has 0 aliphatic carbocycles. The van der Waals surface area contributed by atoms with Gasteiger partial charge in [-0.3, -0.25) is 38.4 Å². The van der Waals surface area contributed by atoms with Gasteiger partial charge in [-0.25, -0.2) is 9.59 Å². The van der Waals surface area contributed by atoms with Crippen LogP contribution in [0.2, 0.25) is 0 Å². The Hall–Kier alpha value is -5.28. The van der Waals surface area contributed by atoms with Gasteiger partial charge in [-0.1, -0.05) is 19.9 Å². The van der Waals surface area contributed by atoms with Crippen LogP contribution < -0.4 is 0 Å². The van der Waals surface area contributed by atoms with Crippen molar-refractivity contribution < 1.29 is 76.4 Å². The van der Waals surface area contributed by atoms with E-state index in [4.69, 9.17) is 28.4 Å². The lowest BCUT2D eigenvalue weighted by molar-refractivity contribution is -0.160. The first kappa shape index (κ1) is 44.7. The minimum atomic E-state index is -1.25. The number of hydrogen-bond donors (Lipinski definition) is 0. The Morgan fingerprint density at radius 2 is 0.692 bits per heavy atom. The molecule has 0 saturated carbocycles. The van der Waals surface area contributed by atoms with Crippen LogP contribution in [0, 0.1) is 10.8 Å². The van der Waals surface area contributed by atoms with Gasteiger partial charge in [0, 0.05) is 0 Å². The number of rotatable bonds is 24. The number of esters is 6. The van der Waals surface area contributed by atoms with E-state index in [0.717, 1.165) is 0 Å². The van der Waals surface area contributed by atoms with Crippen LogP contribution in [0.25, 0.3) is 0 Å². The van der Waals surface area contributed by atoms with E-state index >= 15 is 0 Å². The second-order valence-corrected chi connectivity index (χ2v) is 12.6. The summed E-state index contributed by atoms with van der Waals surface area (Å²) in [6.45, 7) is 5.70. The zero-order valence-corrected chi connectivity index (χ0v) is 30.3. The molecular formula is C36H46O16. The van der Waals surface area contributed by atoms with Gasteiger partial charge in [-0.2, -0.15) is 0 Å². The number of hydrogen-bond acceptors (Lipinski definition) is 16. The van der Waals surface area contributed by atoms with Crippen LogP contribution in [0.1, 0.15) is 101 Å². The summed E-state index contributed by atoms with van der Waals surface area (Å²) in [7, 11) is 0. The molecule has 0 aliphatic rings. The molecule has 0 bridgehead atoms. The number of benzene rings is 1. The van der Waals surface area contributed by atoms with Crippen molar-refractivity contribution in [1.82, 2.24) is 0 Å². The standard InChI is InChI=1S/C36H46O16/c1-7-35(17-47-29(41)12-23(3)37,18-48-30(42)13-24(4)38)21-51-33(45)27-10-9-11-28(16-27)34(46)52-22-36(8-2,19-49-31(43)14-25(5)39)20-50-32(44)15-26(6)40/h9-11,16H,7-8,12-15,17-22H2,1-6H3. The Balaban J connectivity index is 3.14. The number of ether oxygens (including phenoxy) is 6. The highest BCUT2D eigenvalue weighted by Gasteiger charge is 2.36. The fraction of sp³-hybridized carbons (Fsp3) is 0.556. The normalized spacial score (nSPS) is 11.0. The average Bonchev–Trinajstić information content (AvgIpc) is 3.06. The lowest BCUT2D eigenvalue weighted by Gasteiger charge is -2.31. The van der Waals surface area contributed by atoms with E-state index in [1.165, 1.54) is 52.0 Å². The molecule has 0 heterocycles. The summed E-state index contributed by atoms with van der Waals surface area (Å²) in [5.74, 6) is -6.93. The summed E-state index contributed by atoms with van der Waals surface area (Å²) in [6, 6.07) is 5.27. The number of carbonyl (C=O) groups is 10. The van der Waals surface area contributed by atoms with Crippen molar-refractivity contribution in [3.05, 3.63) is 35.4 Å². The third-order valence-corrected chi connectivity index (χ3v) is 7.58. The van der Waals surface area contributed by atoms with Gasteiger partial charge in [0.1, 0.15) is 88.5 Å². The van der Waals surface area contributed by atoms with Gasteiger partial charge < -0.3 is 28.4 Å². The third kappa shape index (κ3) is 17.1. The Bertz CT molecular complexity index is 1340. The molecule has 0 saturated heterocycles. The molecule has 16 nitrogen and oxygen atoms in total. The lowest BCUT2D eigenvalue weighted by atomic mass is 9.88. The lowest BCUT2D eigenvalue weighted by Crippen LogP contribution is -2.39. The molecule has 0 unspecified atom stereocenters. The second kappa shape index (κ2) is 21.8. The quantitative estimate of drug-likeness (QED) is 0.0845. The van der Waals surface area contributed by atoms with Crippen molar-refractivity contribution >= 4 is 58.9 Å². The van der Waals surface area contributed by atoms with Crippen molar-refractivity contribution in [2.45, 2.75) is 80.1 Å². The maximum Gasteiger partial charge on any atom is 0.338 e. The van der Waals surface area contributed by atoms with E-state index in [1.54, 1.807) is 13.8 Å². The predicted molar refractivity (Wildman–Crippen MR) is 177 cm³/mol. The SMILES string of the molecule is CCC(COC(=O)CC(C)=O)(COC(=O)CC(C)=O)COC(=O)c1cccc(C(=O)OCC(CC)(COC(=O)CC(C)=O)COC(=O)CC(C)=O)c1. The molecule has 16 heteroatoms. The van der Waals surface area contributed by atoms with Gasteiger partial charge in [-0.15, -0.1) is 0 Å². The van der Waals surface area contributed by atoms with Crippen LogP contribution in [0.4, 0.5) is 0 Å². The van der Waals surface area contributed by atoms with Gasteiger partial charge in [0.15, 0.2) is 0 Å². The molecule has 0 fully saturated rings. The van der Waals surface area contributed by atoms with Crippen molar-refractivity contribution in [3.8, 4) is 0 Å². The van der Waals surface area contributed by atoms with E-state index < -0.39 is 135 Å². The average molecular weight is 735 g/mol. The van der Waals surface area contributed by atoms with Gasteiger partial charge >= 0.3 is 35.8 Å². The first-order chi connectivity index (χ1) is 24.3. The van der Waals surface area contributed by atoms with E-state index in [9.17, 15) is 47.9 Å². The molecule has 1 rings (SSSR count). The number of Topliss-reactive ketones (excluding diaryl/α,β-unsaturated/α-hetero) is 4. The molecule has 0 aromatic heterocycles. The zero-order chi connectivity index (χ0) is 39.5. The van der Waals surface area contributed by atoms with Crippen molar-refractivity contribution in [3.63, 3.8) is 0 Å². The molecule has 1 aromatic carbocycles. The second-order valence-electron chi connectivity index (χ2n) is 12.6. The largest absolute Gasteiger partial charge is 0.464 e. The Kier molecular flexibility index (Phi) is 18.8. The summed E-state index contributed by atoms with van der Waals surface area (Å²) in [4.78, 5) is 120. The Labute approximate surface area is 301 Å². The number of ketones is 4. The zero-order valence-electron chi connectivity index (χ0n) is 30.3. The minimum absolute atomic E-state index is 0.0836. The van der Waals surface area contributed by atoms with Crippen molar-refractivity contribution in [1.29, 1.82) is 0 Å². The molecule has 52 heavy (non-hydrogen) atoms. The highest BCUT2D eigenvalue weighted by Crippen LogP contribution is 2.27. The molecule has 0 atom stereocenters. The highest BCUT2D eigenvalue weighted by molar-refractivity contribution is 5.96. The van der Waals surface area contributed by atoms with Gasteiger partial charge in [0.25, 0.3) is 0 Å². The van der Waals surface area contributed by atoms with Crippen molar-refractivity contribution in [2.75, 3.05) is 39.6 Å². The van der Waals surface area contributed by atoms with E-state index in [1.807, 2.05) is 0 Å². The molecule has 0 N–H and O–H groups in total. The Morgan fingerprint density at radius 3 is 0.923 bits per heavy atom. The van der Waals surface area contributed by atoms with E-state index in [0.29, 0.717) is 0 Å². The molecular weight excluding hydrogens is 688 g/mol. The summed E-state index contributed by atoms with van der Waals surface area (Å²) < 4.78 is 31.8. The molecule has 1 aromatic rings. The van der Waals surface area contributed by atoms with Crippen molar-refractivity contribution in [2.24, 2.45) is 10.8 Å². The summed E-state index contributed by atoms with van der Waals surface area (Å²) in [5.41, 5.74) is -2.67. The first-order valence-corrected chi connectivity index (χ1v) is 16.4. The molecule has 286 valence electrons. The summed E-state index contributed by atoms with van der Waals surface area (Å²) >= 11 is 0. The van der Waals surface area contributed by atoms with Crippen LogP contribution >= 0.6 is 0 Å². The number of carbonyl (C=O) groups excluding carboxylic acids is 10. The monoisotopic (exact) mass is 734 g/mol. The summed E-state index contributed by atoms with van der Waals surface area (Å²) in [5, 5.41) is 0. The highest BCUT2D eigenvalue weighted by atomic mass is 16.6. The fourth-order valence-corrected chi connectivity index (χ4v) is 4.19. The molecule has 0 aliphatic heterocycles. The van der Waals surface area contributed by atoms with Crippen LogP contribution in [-0.4, -0.2) is 98.6 Å².